The van der Waals surface area contributed by atoms with Crippen LogP contribution in [0.3, 0.4) is 0 Å². The van der Waals surface area contributed by atoms with Gasteiger partial charge in [-0.15, -0.1) is 0 Å². The Labute approximate surface area is 207 Å². The van der Waals surface area contributed by atoms with Crippen LogP contribution in [0, 0.1) is 11.3 Å². The van der Waals surface area contributed by atoms with Gasteiger partial charge in [-0.1, -0.05) is 18.2 Å². The van der Waals surface area contributed by atoms with Crippen molar-refractivity contribution in [2.24, 2.45) is 11.3 Å². The topological polar surface area (TPSA) is 74.3 Å². The van der Waals surface area contributed by atoms with Gasteiger partial charge in [-0.2, -0.15) is 0 Å². The lowest BCUT2D eigenvalue weighted by Gasteiger charge is -2.56. The van der Waals surface area contributed by atoms with Gasteiger partial charge in [0.25, 0.3) is 0 Å². The molecule has 0 unspecified atom stereocenters. The van der Waals surface area contributed by atoms with Crippen molar-refractivity contribution in [1.29, 1.82) is 0 Å². The van der Waals surface area contributed by atoms with Gasteiger partial charge in [0.2, 0.25) is 0 Å². The van der Waals surface area contributed by atoms with E-state index in [9.17, 15) is 9.59 Å². The number of likely N-dealkylation sites (tertiary alicyclic amines) is 1. The van der Waals surface area contributed by atoms with Gasteiger partial charge < -0.3 is 23.8 Å². The van der Waals surface area contributed by atoms with Gasteiger partial charge in [0, 0.05) is 36.5 Å². The summed E-state index contributed by atoms with van der Waals surface area (Å²) in [5.74, 6) is 1.05. The molecule has 7 heteroatoms. The summed E-state index contributed by atoms with van der Waals surface area (Å²) in [6.45, 7) is 8.96. The van der Waals surface area contributed by atoms with Crippen molar-refractivity contribution < 1.29 is 28.5 Å². The number of esters is 2. The molecular formula is C28H37NO6. The van der Waals surface area contributed by atoms with Crippen LogP contribution in [0.4, 0.5) is 0 Å². The van der Waals surface area contributed by atoms with E-state index >= 15 is 0 Å². The Morgan fingerprint density at radius 1 is 1.17 bits per heavy atom. The van der Waals surface area contributed by atoms with E-state index in [2.05, 4.69) is 30.2 Å². The minimum Gasteiger partial charge on any atom is -0.482 e. The Morgan fingerprint density at radius 3 is 2.69 bits per heavy atom. The minimum absolute atomic E-state index is 0.154. The fraction of sp³-hybridized carbons (Fsp3) is 0.643. The summed E-state index contributed by atoms with van der Waals surface area (Å²) in [6, 6.07) is 4.41. The van der Waals surface area contributed by atoms with Crippen LogP contribution in [0.15, 0.2) is 24.3 Å². The highest BCUT2D eigenvalue weighted by atomic mass is 16.6. The standard InChI is InChI=1S/C28H37NO6/c1-17(30)34-21-10-8-18-16-20-19-9-11-22(32-14-6-7-15-33-26(31)27(2,3)4)25-28(19,12-13-29(20)5)23(18)24(21)35-25/h8-11,19-20,22,25H,6-7,12-16H2,1-5H3/t19-,20+,22-,25-,28-/m0/s1. The number of nitrogens with zero attached hydrogens (tertiary/aromatic N) is 1. The average molecular weight is 484 g/mol. The number of hydrogen-bond donors (Lipinski definition) is 0. The molecule has 2 heterocycles. The molecule has 5 atom stereocenters. The molecule has 2 aliphatic heterocycles. The largest absolute Gasteiger partial charge is 0.482 e. The third-order valence-electron chi connectivity index (χ3n) is 8.06. The van der Waals surface area contributed by atoms with Gasteiger partial charge >= 0.3 is 11.9 Å². The summed E-state index contributed by atoms with van der Waals surface area (Å²) >= 11 is 0. The highest BCUT2D eigenvalue weighted by molar-refractivity contribution is 5.75. The van der Waals surface area contributed by atoms with Crippen LogP contribution in [0.25, 0.3) is 0 Å². The third-order valence-corrected chi connectivity index (χ3v) is 8.06. The first kappa shape index (κ1) is 24.3. The SMILES string of the molecule is CC(=O)Oc1ccc2c3c1O[C@H]1[C@@H](OCCCCOC(=O)C(C)(C)C)C=C[C@H]4[C@@H](C2)N(C)CC[C@@]341. The first-order valence-electron chi connectivity index (χ1n) is 12.8. The van der Waals surface area contributed by atoms with Crippen LogP contribution < -0.4 is 9.47 Å². The molecule has 1 fully saturated rings. The number of hydrogen-bond acceptors (Lipinski definition) is 7. The number of benzene rings is 1. The van der Waals surface area contributed by atoms with Gasteiger partial charge in [0.15, 0.2) is 11.5 Å². The molecule has 0 radical (unpaired) electrons. The number of carbonyl (C=O) groups excluding carboxylic acids is 2. The van der Waals surface area contributed by atoms with Gasteiger partial charge in [-0.25, -0.2) is 0 Å². The van der Waals surface area contributed by atoms with E-state index in [1.54, 1.807) is 0 Å². The monoisotopic (exact) mass is 483 g/mol. The van der Waals surface area contributed by atoms with Crippen LogP contribution in [0.1, 0.15) is 58.1 Å². The van der Waals surface area contributed by atoms with Crippen LogP contribution in [-0.2, 0) is 30.9 Å². The first-order chi connectivity index (χ1) is 16.6. The Bertz CT molecular complexity index is 1040. The van der Waals surface area contributed by atoms with E-state index in [0.717, 1.165) is 38.0 Å². The normalized spacial score (nSPS) is 30.4. The van der Waals surface area contributed by atoms with E-state index in [4.69, 9.17) is 18.9 Å². The zero-order valence-corrected chi connectivity index (χ0v) is 21.5. The number of carbonyl (C=O) groups is 2. The van der Waals surface area contributed by atoms with Crippen molar-refractivity contribution in [2.45, 2.75) is 77.0 Å². The van der Waals surface area contributed by atoms with Crippen molar-refractivity contribution in [2.75, 3.05) is 26.8 Å². The molecule has 5 rings (SSSR count). The third kappa shape index (κ3) is 4.06. The molecule has 7 nitrogen and oxygen atoms in total. The van der Waals surface area contributed by atoms with Gasteiger partial charge in [0.05, 0.1) is 12.0 Å². The summed E-state index contributed by atoms with van der Waals surface area (Å²) in [7, 11) is 2.21. The molecule has 0 amide bonds. The average Bonchev–Trinajstić information content (AvgIpc) is 3.14. The summed E-state index contributed by atoms with van der Waals surface area (Å²) in [4.78, 5) is 26.2. The smallest absolute Gasteiger partial charge is 0.311 e. The molecule has 190 valence electrons. The van der Waals surface area contributed by atoms with Crippen LogP contribution >= 0.6 is 0 Å². The molecule has 4 aliphatic rings. The predicted molar refractivity (Wildman–Crippen MR) is 131 cm³/mol. The number of rotatable bonds is 7. The second-order valence-electron chi connectivity index (χ2n) is 11.4. The summed E-state index contributed by atoms with van der Waals surface area (Å²) in [6.07, 6.45) is 7.66. The Morgan fingerprint density at radius 2 is 1.94 bits per heavy atom. The van der Waals surface area contributed by atoms with E-state index in [1.165, 1.54) is 18.1 Å². The minimum atomic E-state index is -0.482. The lowest BCUT2D eigenvalue weighted by atomic mass is 9.53. The van der Waals surface area contributed by atoms with E-state index in [0.29, 0.717) is 30.9 Å². The highest BCUT2D eigenvalue weighted by Crippen LogP contribution is 2.62. The second-order valence-corrected chi connectivity index (χ2v) is 11.4. The maximum absolute atomic E-state index is 11.9. The first-order valence-corrected chi connectivity index (χ1v) is 12.8. The summed E-state index contributed by atoms with van der Waals surface area (Å²) < 4.78 is 24.0. The Hall–Kier alpha value is -2.38. The van der Waals surface area contributed by atoms with E-state index < -0.39 is 5.41 Å². The fourth-order valence-electron chi connectivity index (χ4n) is 6.39. The summed E-state index contributed by atoms with van der Waals surface area (Å²) in [5, 5.41) is 0. The maximum atomic E-state index is 11.9. The van der Waals surface area contributed by atoms with Crippen LogP contribution in [0.5, 0.6) is 11.5 Å². The number of piperidine rings is 1. The molecule has 0 aromatic heterocycles. The predicted octanol–water partition coefficient (Wildman–Crippen LogP) is 3.81. The van der Waals surface area contributed by atoms with Crippen LogP contribution in [0.2, 0.25) is 0 Å². The highest BCUT2D eigenvalue weighted by Gasteiger charge is 2.64. The molecule has 0 saturated carbocycles. The quantitative estimate of drug-likeness (QED) is 0.253. The van der Waals surface area contributed by atoms with Gasteiger partial charge in [0.1, 0.15) is 12.2 Å². The fourth-order valence-corrected chi connectivity index (χ4v) is 6.39. The maximum Gasteiger partial charge on any atom is 0.311 e. The summed E-state index contributed by atoms with van der Waals surface area (Å²) in [5.41, 5.74) is 1.87. The van der Waals surface area contributed by atoms with Gasteiger partial charge in [-0.3, -0.25) is 9.59 Å². The van der Waals surface area contributed by atoms with Crippen molar-refractivity contribution >= 4 is 11.9 Å². The lowest BCUT2D eigenvalue weighted by Crippen LogP contribution is -2.65. The number of unbranched alkanes of at least 4 members (excludes halogenated alkanes) is 1. The van der Waals surface area contributed by atoms with Crippen molar-refractivity contribution in [3.63, 3.8) is 0 Å². The molecular weight excluding hydrogens is 446 g/mol. The zero-order valence-electron chi connectivity index (χ0n) is 21.5. The van der Waals surface area contributed by atoms with Crippen molar-refractivity contribution in [3.05, 3.63) is 35.4 Å². The molecule has 2 bridgehead atoms. The van der Waals surface area contributed by atoms with Gasteiger partial charge in [-0.05, 0) is 71.7 Å². The van der Waals surface area contributed by atoms with E-state index in [-0.39, 0.29) is 29.6 Å². The molecule has 1 spiro atoms. The van der Waals surface area contributed by atoms with E-state index in [1.807, 2.05) is 26.8 Å². The molecule has 1 aromatic rings. The van der Waals surface area contributed by atoms with Crippen molar-refractivity contribution in [3.8, 4) is 11.5 Å². The van der Waals surface area contributed by atoms with Crippen molar-refractivity contribution in [1.82, 2.24) is 4.90 Å². The number of likely N-dealkylation sites (N-methyl/N-ethyl adjacent to an activating group) is 1. The zero-order chi connectivity index (χ0) is 25.0. The Balaban J connectivity index is 1.33. The molecule has 2 aliphatic carbocycles. The molecule has 1 aromatic carbocycles. The molecule has 0 N–H and O–H groups in total. The second kappa shape index (κ2) is 8.93. The van der Waals surface area contributed by atoms with Crippen LogP contribution in [-0.4, -0.2) is 61.9 Å². The molecule has 1 saturated heterocycles. The molecule has 35 heavy (non-hydrogen) atoms. The lowest BCUT2D eigenvalue weighted by molar-refractivity contribution is -0.153. The Kier molecular flexibility index (Phi) is 6.20. The number of ether oxygens (including phenoxy) is 4.